The second-order valence-electron chi connectivity index (χ2n) is 4.76. The fourth-order valence-corrected chi connectivity index (χ4v) is 3.35. The van der Waals surface area contributed by atoms with Crippen molar-refractivity contribution >= 4 is 29.0 Å². The lowest BCUT2D eigenvalue weighted by molar-refractivity contribution is -0.129. The number of nitrogens with zero attached hydrogens (tertiary/aromatic N) is 3. The van der Waals surface area contributed by atoms with Crippen LogP contribution >= 0.6 is 23.1 Å². The van der Waals surface area contributed by atoms with Crippen LogP contribution in [0.4, 0.5) is 0 Å². The predicted molar refractivity (Wildman–Crippen MR) is 77.7 cm³/mol. The summed E-state index contributed by atoms with van der Waals surface area (Å²) in [5, 5.41) is 7.71. The van der Waals surface area contributed by atoms with Crippen molar-refractivity contribution in [2.45, 2.75) is 36.7 Å². The van der Waals surface area contributed by atoms with Crippen LogP contribution in [0, 0.1) is 6.92 Å². The average Bonchev–Trinajstić information content (AvgIpc) is 2.97. The molecular formula is C13H15N3O2S2. The zero-order valence-corrected chi connectivity index (χ0v) is 12.7. The second-order valence-corrected chi connectivity index (χ2v) is 6.81. The molecule has 0 radical (unpaired) electrons. The number of hydrogen-bond donors (Lipinski definition) is 0. The lowest BCUT2D eigenvalue weighted by Gasteiger charge is -2.20. The van der Waals surface area contributed by atoms with Gasteiger partial charge in [-0.2, -0.15) is 0 Å². The predicted octanol–water partition coefficient (Wildman–Crippen LogP) is 2.72. The van der Waals surface area contributed by atoms with E-state index in [1.54, 1.807) is 5.51 Å². The molecule has 1 fully saturated rings. The summed E-state index contributed by atoms with van der Waals surface area (Å²) in [6, 6.07) is 4.25. The number of rotatable bonds is 6. The van der Waals surface area contributed by atoms with E-state index in [2.05, 4.69) is 10.2 Å². The van der Waals surface area contributed by atoms with Crippen molar-refractivity contribution in [1.29, 1.82) is 0 Å². The molecule has 106 valence electrons. The molecule has 1 aliphatic rings. The van der Waals surface area contributed by atoms with Crippen molar-refractivity contribution in [3.05, 3.63) is 29.2 Å². The molecule has 5 nitrogen and oxygen atoms in total. The van der Waals surface area contributed by atoms with E-state index in [0.717, 1.165) is 28.7 Å². The second kappa shape index (κ2) is 5.97. The Balaban J connectivity index is 1.59. The summed E-state index contributed by atoms with van der Waals surface area (Å²) in [5.41, 5.74) is 1.68. The van der Waals surface area contributed by atoms with Gasteiger partial charge in [-0.3, -0.25) is 4.79 Å². The normalized spacial score (nSPS) is 14.4. The fraction of sp³-hybridized carbons (Fsp3) is 0.462. The first-order valence-electron chi connectivity index (χ1n) is 6.46. The van der Waals surface area contributed by atoms with Gasteiger partial charge < -0.3 is 9.32 Å². The summed E-state index contributed by atoms with van der Waals surface area (Å²) >= 11 is 2.91. The molecule has 7 heteroatoms. The van der Waals surface area contributed by atoms with Crippen LogP contribution in [0.5, 0.6) is 0 Å². The maximum Gasteiger partial charge on any atom is 0.233 e. The van der Waals surface area contributed by atoms with E-state index in [1.807, 2.05) is 24.0 Å². The van der Waals surface area contributed by atoms with Gasteiger partial charge in [-0.15, -0.1) is 10.2 Å². The molecule has 0 atom stereocenters. The molecule has 1 amide bonds. The van der Waals surface area contributed by atoms with Crippen molar-refractivity contribution in [2.75, 3.05) is 5.75 Å². The van der Waals surface area contributed by atoms with E-state index < -0.39 is 0 Å². The Morgan fingerprint density at radius 1 is 1.55 bits per heavy atom. The summed E-state index contributed by atoms with van der Waals surface area (Å²) in [4.78, 5) is 14.3. The molecule has 0 N–H and O–H groups in total. The van der Waals surface area contributed by atoms with Crippen LogP contribution in [0.25, 0.3) is 0 Å². The fourth-order valence-electron chi connectivity index (χ4n) is 1.98. The third kappa shape index (κ3) is 3.40. The highest BCUT2D eigenvalue weighted by atomic mass is 32.2. The number of thioether (sulfide) groups is 1. The first-order chi connectivity index (χ1) is 9.72. The summed E-state index contributed by atoms with van der Waals surface area (Å²) in [7, 11) is 0. The van der Waals surface area contributed by atoms with Gasteiger partial charge in [0.15, 0.2) is 4.34 Å². The average molecular weight is 309 g/mol. The Morgan fingerprint density at radius 3 is 3.00 bits per heavy atom. The molecule has 0 unspecified atom stereocenters. The topological polar surface area (TPSA) is 59.2 Å². The zero-order chi connectivity index (χ0) is 13.9. The van der Waals surface area contributed by atoms with Crippen LogP contribution in [0.1, 0.15) is 24.4 Å². The van der Waals surface area contributed by atoms with E-state index in [4.69, 9.17) is 4.42 Å². The number of hydrogen-bond acceptors (Lipinski definition) is 6. The molecule has 0 aromatic carbocycles. The Kier molecular flexibility index (Phi) is 4.07. The van der Waals surface area contributed by atoms with Gasteiger partial charge in [-0.25, -0.2) is 0 Å². The van der Waals surface area contributed by atoms with Crippen LogP contribution in [-0.2, 0) is 11.3 Å². The lowest BCUT2D eigenvalue weighted by atomic mass is 10.3. The van der Waals surface area contributed by atoms with Gasteiger partial charge in [-0.05, 0) is 31.9 Å². The molecule has 0 bridgehead atoms. The van der Waals surface area contributed by atoms with Gasteiger partial charge in [0.2, 0.25) is 5.91 Å². The molecule has 2 aromatic heterocycles. The molecule has 20 heavy (non-hydrogen) atoms. The van der Waals surface area contributed by atoms with E-state index in [9.17, 15) is 4.79 Å². The molecule has 1 aliphatic carbocycles. The Labute approximate surface area is 125 Å². The highest BCUT2D eigenvalue weighted by Crippen LogP contribution is 2.30. The molecule has 1 saturated carbocycles. The highest BCUT2D eigenvalue weighted by Gasteiger charge is 2.33. The molecule has 0 spiro atoms. The van der Waals surface area contributed by atoms with Gasteiger partial charge in [0, 0.05) is 6.04 Å². The van der Waals surface area contributed by atoms with E-state index >= 15 is 0 Å². The molecule has 0 saturated heterocycles. The highest BCUT2D eigenvalue weighted by molar-refractivity contribution is 8.01. The van der Waals surface area contributed by atoms with Gasteiger partial charge in [0.05, 0.1) is 12.3 Å². The SMILES string of the molecule is Cc1ccc(CN(C(=O)CSc2nncs2)C2CC2)o1. The number of aryl methyl sites for hydroxylation is 1. The number of furan rings is 1. The van der Waals surface area contributed by atoms with Gasteiger partial charge >= 0.3 is 0 Å². The van der Waals surface area contributed by atoms with Gasteiger partial charge in [-0.1, -0.05) is 23.1 Å². The van der Waals surface area contributed by atoms with Crippen LogP contribution in [0.2, 0.25) is 0 Å². The van der Waals surface area contributed by atoms with Gasteiger partial charge in [0.1, 0.15) is 17.0 Å². The summed E-state index contributed by atoms with van der Waals surface area (Å²) < 4.78 is 6.41. The quantitative estimate of drug-likeness (QED) is 0.768. The van der Waals surface area contributed by atoms with Crippen LogP contribution in [0.15, 0.2) is 26.4 Å². The minimum Gasteiger partial charge on any atom is -0.464 e. The first-order valence-corrected chi connectivity index (χ1v) is 8.32. The van der Waals surface area contributed by atoms with Crippen molar-refractivity contribution in [3.8, 4) is 0 Å². The van der Waals surface area contributed by atoms with Crippen LogP contribution in [-0.4, -0.2) is 32.8 Å². The largest absolute Gasteiger partial charge is 0.464 e. The third-order valence-corrected chi connectivity index (χ3v) is 4.93. The third-order valence-electron chi connectivity index (χ3n) is 3.09. The Morgan fingerprint density at radius 2 is 2.40 bits per heavy atom. The summed E-state index contributed by atoms with van der Waals surface area (Å²) in [6.45, 7) is 2.48. The number of carbonyl (C=O) groups excluding carboxylic acids is 1. The van der Waals surface area contributed by atoms with E-state index in [-0.39, 0.29) is 5.91 Å². The van der Waals surface area contributed by atoms with Crippen molar-refractivity contribution in [3.63, 3.8) is 0 Å². The number of carbonyl (C=O) groups is 1. The summed E-state index contributed by atoms with van der Waals surface area (Å²) in [5.74, 6) is 2.28. The number of aromatic nitrogens is 2. The first kappa shape index (κ1) is 13.6. The molecule has 0 aliphatic heterocycles. The maximum atomic E-state index is 12.4. The minimum absolute atomic E-state index is 0.141. The lowest BCUT2D eigenvalue weighted by Crippen LogP contribution is -2.33. The maximum absolute atomic E-state index is 12.4. The minimum atomic E-state index is 0.141. The molecule has 2 aromatic rings. The smallest absolute Gasteiger partial charge is 0.233 e. The van der Waals surface area contributed by atoms with Crippen molar-refractivity contribution in [1.82, 2.24) is 15.1 Å². The van der Waals surface area contributed by atoms with Gasteiger partial charge in [0.25, 0.3) is 0 Å². The van der Waals surface area contributed by atoms with Crippen molar-refractivity contribution < 1.29 is 9.21 Å². The standard InChI is InChI=1S/C13H15N3O2S2/c1-9-2-5-11(18-9)6-16(10-3-4-10)12(17)7-19-13-15-14-8-20-13/h2,5,8,10H,3-4,6-7H2,1H3. The molecular weight excluding hydrogens is 294 g/mol. The van der Waals surface area contributed by atoms with Crippen LogP contribution in [0.3, 0.4) is 0 Å². The monoisotopic (exact) mass is 309 g/mol. The summed E-state index contributed by atoms with van der Waals surface area (Å²) in [6.07, 6.45) is 2.18. The Bertz CT molecular complexity index is 578. The molecule has 2 heterocycles. The van der Waals surface area contributed by atoms with E-state index in [1.165, 1.54) is 23.1 Å². The zero-order valence-electron chi connectivity index (χ0n) is 11.1. The Hall–Kier alpha value is -1.34. The number of amides is 1. The van der Waals surface area contributed by atoms with Crippen molar-refractivity contribution in [2.24, 2.45) is 0 Å². The van der Waals surface area contributed by atoms with Crippen LogP contribution < -0.4 is 0 Å². The molecule has 3 rings (SSSR count). The van der Waals surface area contributed by atoms with E-state index in [0.29, 0.717) is 18.3 Å².